The van der Waals surface area contributed by atoms with E-state index in [1.54, 1.807) is 55.8 Å². The number of rotatable bonds is 9. The minimum absolute atomic E-state index is 0.0300. The fraction of sp³-hybridized carbons (Fsp3) is 0.308. The van der Waals surface area contributed by atoms with E-state index in [-0.39, 0.29) is 15.8 Å². The maximum atomic E-state index is 14.2. The third-order valence-electron chi connectivity index (χ3n) is 5.99. The highest BCUT2D eigenvalue weighted by Crippen LogP contribution is 2.31. The molecule has 0 saturated heterocycles. The Kier molecular flexibility index (Phi) is 7.67. The van der Waals surface area contributed by atoms with Gasteiger partial charge < -0.3 is 14.4 Å². The molecule has 2 aromatic carbocycles. The molecule has 1 unspecified atom stereocenters. The van der Waals surface area contributed by atoms with Crippen molar-refractivity contribution in [2.24, 2.45) is 0 Å². The van der Waals surface area contributed by atoms with Gasteiger partial charge in [-0.15, -0.1) is 0 Å². The highest BCUT2D eigenvalue weighted by atomic mass is 32.2. The van der Waals surface area contributed by atoms with Crippen molar-refractivity contribution in [1.29, 1.82) is 0 Å². The molecule has 0 spiro atoms. The van der Waals surface area contributed by atoms with Crippen LogP contribution >= 0.6 is 0 Å². The zero-order chi connectivity index (χ0) is 26.9. The molecule has 2 heterocycles. The first-order valence-electron chi connectivity index (χ1n) is 11.5. The third-order valence-corrected chi connectivity index (χ3v) is 9.13. The minimum Gasteiger partial charge on any atom is -0.497 e. The van der Waals surface area contributed by atoms with Crippen LogP contribution in [0.1, 0.15) is 22.4 Å². The van der Waals surface area contributed by atoms with E-state index in [2.05, 4.69) is 9.97 Å². The number of imidazole rings is 1. The van der Waals surface area contributed by atoms with Crippen molar-refractivity contribution < 1.29 is 22.1 Å². The number of hydrogen-bond acceptors (Lipinski definition) is 8. The first-order chi connectivity index (χ1) is 17.6. The molecule has 0 amide bonds. The van der Waals surface area contributed by atoms with Crippen LogP contribution in [0, 0.1) is 13.8 Å². The summed E-state index contributed by atoms with van der Waals surface area (Å²) in [5.74, 6) is 1.14. The maximum Gasteiger partial charge on any atom is 0.270 e. The lowest BCUT2D eigenvalue weighted by molar-refractivity contribution is 0.398. The molecule has 2 aromatic heterocycles. The van der Waals surface area contributed by atoms with E-state index in [0.29, 0.717) is 40.3 Å². The van der Waals surface area contributed by atoms with Crippen LogP contribution in [0.2, 0.25) is 0 Å². The second-order valence-electron chi connectivity index (χ2n) is 8.90. The molecule has 37 heavy (non-hydrogen) atoms. The summed E-state index contributed by atoms with van der Waals surface area (Å²) >= 11 is 0. The Hall–Kier alpha value is -3.28. The lowest BCUT2D eigenvalue weighted by Gasteiger charge is -2.16. The molecule has 0 fully saturated rings. The van der Waals surface area contributed by atoms with Crippen molar-refractivity contribution in [3.63, 3.8) is 0 Å². The van der Waals surface area contributed by atoms with Crippen molar-refractivity contribution in [2.75, 3.05) is 28.3 Å². The second kappa shape index (κ2) is 10.6. The largest absolute Gasteiger partial charge is 0.497 e. The monoisotopic (exact) mass is 542 g/mol. The van der Waals surface area contributed by atoms with E-state index in [0.717, 1.165) is 15.1 Å². The molecule has 9 nitrogen and oxygen atoms in total. The van der Waals surface area contributed by atoms with Gasteiger partial charge in [-0.05, 0) is 51.7 Å². The van der Waals surface area contributed by atoms with Gasteiger partial charge in [0.15, 0.2) is 0 Å². The fourth-order valence-corrected chi connectivity index (χ4v) is 7.52. The number of benzene rings is 2. The zero-order valence-electron chi connectivity index (χ0n) is 21.7. The van der Waals surface area contributed by atoms with Crippen LogP contribution in [0.15, 0.2) is 58.7 Å². The van der Waals surface area contributed by atoms with E-state index >= 15 is 0 Å². The smallest absolute Gasteiger partial charge is 0.270 e. The van der Waals surface area contributed by atoms with Gasteiger partial charge in [0.05, 0.1) is 52.4 Å². The van der Waals surface area contributed by atoms with Crippen LogP contribution in [-0.2, 0) is 33.1 Å². The summed E-state index contributed by atoms with van der Waals surface area (Å²) in [5.41, 5.74) is 3.45. The van der Waals surface area contributed by atoms with E-state index in [1.165, 1.54) is 7.11 Å². The van der Waals surface area contributed by atoms with Crippen LogP contribution in [0.25, 0.3) is 11.0 Å². The number of aryl methyl sites for hydroxylation is 1. The number of methoxy groups -OCH3 is 2. The topological polar surface area (TPSA) is 104 Å². The Balaban J connectivity index is 1.91. The van der Waals surface area contributed by atoms with Crippen molar-refractivity contribution in [2.45, 2.75) is 36.2 Å². The highest BCUT2D eigenvalue weighted by molar-refractivity contribution is 7.91. The molecule has 4 rings (SSSR count). The van der Waals surface area contributed by atoms with Crippen molar-refractivity contribution in [1.82, 2.24) is 18.8 Å². The summed E-state index contributed by atoms with van der Waals surface area (Å²) in [6.45, 7) is 4.14. The van der Waals surface area contributed by atoms with Gasteiger partial charge in [-0.3, -0.25) is 9.19 Å². The molecule has 11 heteroatoms. The summed E-state index contributed by atoms with van der Waals surface area (Å²) in [6, 6.07) is 11.7. The molecular formula is C26H30N4O5S2. The van der Waals surface area contributed by atoms with Gasteiger partial charge in [0.25, 0.3) is 10.0 Å². The molecular weight excluding hydrogens is 512 g/mol. The number of ether oxygens (including phenoxy) is 2. The van der Waals surface area contributed by atoms with Crippen molar-refractivity contribution in [3.8, 4) is 11.5 Å². The number of nitrogens with zero attached hydrogens (tertiary/aromatic N) is 4. The SMILES string of the molecule is COc1ccc2c(c1)nc(S(=O)Cc1ncc(C)c(OC)c1C)n2S(=O)(=O)c1ccccc1CN(C)C. The maximum absolute atomic E-state index is 14.2. The molecule has 0 radical (unpaired) electrons. The molecule has 4 aromatic rings. The average molecular weight is 543 g/mol. The van der Waals surface area contributed by atoms with Gasteiger partial charge in [0.1, 0.15) is 11.5 Å². The molecule has 0 saturated carbocycles. The lowest BCUT2D eigenvalue weighted by Crippen LogP contribution is -2.21. The van der Waals surface area contributed by atoms with Crippen molar-refractivity contribution >= 4 is 31.9 Å². The van der Waals surface area contributed by atoms with Crippen LogP contribution in [-0.4, -0.2) is 59.8 Å². The summed E-state index contributed by atoms with van der Waals surface area (Å²) in [7, 11) is 0.811. The molecule has 0 aliphatic carbocycles. The molecule has 0 bridgehead atoms. The molecule has 1 atom stereocenters. The first kappa shape index (κ1) is 26.8. The molecule has 0 aliphatic heterocycles. The summed E-state index contributed by atoms with van der Waals surface area (Å²) < 4.78 is 54.0. The van der Waals surface area contributed by atoms with Gasteiger partial charge in [-0.1, -0.05) is 18.2 Å². The van der Waals surface area contributed by atoms with Gasteiger partial charge in [0, 0.05) is 29.9 Å². The average Bonchev–Trinajstić information content (AvgIpc) is 3.25. The Morgan fingerprint density at radius 1 is 1.05 bits per heavy atom. The Bertz CT molecular complexity index is 1600. The lowest BCUT2D eigenvalue weighted by atomic mass is 10.1. The van der Waals surface area contributed by atoms with Crippen molar-refractivity contribution in [3.05, 3.63) is 71.0 Å². The van der Waals surface area contributed by atoms with Gasteiger partial charge in [0.2, 0.25) is 5.16 Å². The zero-order valence-corrected chi connectivity index (χ0v) is 23.3. The number of aromatic nitrogens is 3. The van der Waals surface area contributed by atoms with E-state index in [4.69, 9.17) is 9.47 Å². The summed E-state index contributed by atoms with van der Waals surface area (Å²) in [6.07, 6.45) is 1.65. The molecule has 0 N–H and O–H groups in total. The minimum atomic E-state index is -4.17. The first-order valence-corrected chi connectivity index (χ1v) is 14.3. The number of pyridine rings is 1. The Labute approximate surface area is 219 Å². The second-order valence-corrected chi connectivity index (χ2v) is 12.0. The molecule has 0 aliphatic rings. The van der Waals surface area contributed by atoms with Crippen LogP contribution in [0.5, 0.6) is 11.5 Å². The highest BCUT2D eigenvalue weighted by Gasteiger charge is 2.30. The van der Waals surface area contributed by atoms with Gasteiger partial charge in [-0.2, -0.15) is 0 Å². The number of hydrogen-bond donors (Lipinski definition) is 0. The normalized spacial score (nSPS) is 12.7. The van der Waals surface area contributed by atoms with Crippen LogP contribution in [0.4, 0.5) is 0 Å². The number of fused-ring (bicyclic) bond motifs is 1. The van der Waals surface area contributed by atoms with E-state index in [9.17, 15) is 12.6 Å². The Morgan fingerprint density at radius 3 is 2.46 bits per heavy atom. The predicted molar refractivity (Wildman–Crippen MR) is 143 cm³/mol. The Morgan fingerprint density at radius 2 is 1.78 bits per heavy atom. The van der Waals surface area contributed by atoms with Gasteiger partial charge in [-0.25, -0.2) is 17.4 Å². The van der Waals surface area contributed by atoms with Gasteiger partial charge >= 0.3 is 0 Å². The van der Waals surface area contributed by atoms with E-state index < -0.39 is 20.8 Å². The standard InChI is InChI=1S/C26H30N4O5S2/c1-17-14-27-22(18(2)25(17)35-6)16-36(31)26-28-21-13-20(34-5)11-12-23(21)30(26)37(32,33)24-10-8-7-9-19(24)15-29(3)4/h7-14H,15-16H2,1-6H3. The summed E-state index contributed by atoms with van der Waals surface area (Å²) in [5, 5.41) is -0.0800. The van der Waals surface area contributed by atoms with Crippen LogP contribution < -0.4 is 9.47 Å². The van der Waals surface area contributed by atoms with Crippen LogP contribution in [0.3, 0.4) is 0 Å². The quantitative estimate of drug-likeness (QED) is 0.316. The summed E-state index contributed by atoms with van der Waals surface area (Å²) in [4.78, 5) is 11.0. The third kappa shape index (κ3) is 5.11. The van der Waals surface area contributed by atoms with E-state index in [1.807, 2.05) is 32.8 Å². The predicted octanol–water partition coefficient (Wildman–Crippen LogP) is 3.67. The fourth-order valence-electron chi connectivity index (χ4n) is 4.25. The molecule has 196 valence electrons.